The monoisotopic (exact) mass is 536 g/mol. The third kappa shape index (κ3) is 4.22. The highest BCUT2D eigenvalue weighted by Crippen LogP contribution is 2.55. The van der Waals surface area contributed by atoms with Crippen LogP contribution in [0.15, 0.2) is 29.9 Å². The maximum atomic E-state index is 13.6. The highest BCUT2D eigenvalue weighted by molar-refractivity contribution is 6.07. The Hall–Kier alpha value is -3.62. The van der Waals surface area contributed by atoms with Crippen molar-refractivity contribution >= 4 is 29.7 Å². The molecule has 1 aromatic rings. The first kappa shape index (κ1) is 27.0. The number of hydrogen-bond acceptors (Lipinski definition) is 7. The molecule has 0 spiro atoms. The number of carbonyl (C=O) groups is 4. The maximum Gasteiger partial charge on any atom is 0.234 e. The summed E-state index contributed by atoms with van der Waals surface area (Å²) in [5, 5.41) is 10.3. The van der Waals surface area contributed by atoms with Gasteiger partial charge in [-0.3, -0.25) is 29.0 Å². The van der Waals surface area contributed by atoms with E-state index >= 15 is 0 Å². The van der Waals surface area contributed by atoms with Gasteiger partial charge in [0.1, 0.15) is 0 Å². The zero-order chi connectivity index (χ0) is 28.0. The van der Waals surface area contributed by atoms with Crippen LogP contribution in [0.25, 0.3) is 6.08 Å². The number of hydrogen-bond donors (Lipinski definition) is 1. The van der Waals surface area contributed by atoms with E-state index in [0.29, 0.717) is 44.3 Å². The minimum Gasteiger partial charge on any atom is -0.502 e. The molecule has 39 heavy (non-hydrogen) atoms. The summed E-state index contributed by atoms with van der Waals surface area (Å²) >= 11 is 0. The lowest BCUT2D eigenvalue weighted by molar-refractivity contribution is -0.142. The number of fused-ring (bicyclic) bond motifs is 4. The van der Waals surface area contributed by atoms with Crippen LogP contribution in [0.2, 0.25) is 0 Å². The zero-order valence-electron chi connectivity index (χ0n) is 22.9. The molecule has 5 rings (SSSR count). The van der Waals surface area contributed by atoms with Crippen molar-refractivity contribution in [3.05, 3.63) is 35.4 Å². The fourth-order valence-corrected chi connectivity index (χ4v) is 7.09. The number of allylic oxidation sites excluding steroid dienone is 3. The van der Waals surface area contributed by atoms with Gasteiger partial charge in [0.25, 0.3) is 0 Å². The fourth-order valence-electron chi connectivity index (χ4n) is 7.09. The van der Waals surface area contributed by atoms with E-state index in [9.17, 15) is 24.3 Å². The molecule has 4 amide bonds. The van der Waals surface area contributed by atoms with Crippen LogP contribution in [-0.2, 0) is 19.2 Å². The smallest absolute Gasteiger partial charge is 0.234 e. The van der Waals surface area contributed by atoms with Crippen LogP contribution in [0.3, 0.4) is 0 Å². The Labute approximate surface area is 228 Å². The number of imide groups is 2. The molecule has 6 atom stereocenters. The molecule has 2 saturated heterocycles. The number of carbonyl (C=O) groups excluding carboxylic acids is 4. The molecule has 0 radical (unpaired) electrons. The number of ether oxygens (including phenoxy) is 2. The molecule has 2 aliphatic heterocycles. The molecule has 208 valence electrons. The van der Waals surface area contributed by atoms with E-state index in [-0.39, 0.29) is 46.8 Å². The number of aromatic hydroxyl groups is 1. The molecule has 1 N–H and O–H groups in total. The molecule has 9 nitrogen and oxygen atoms in total. The summed E-state index contributed by atoms with van der Waals surface area (Å²) in [6.45, 7) is 4.64. The summed E-state index contributed by atoms with van der Waals surface area (Å²) in [6, 6.07) is 3.34. The number of methoxy groups -OCH3 is 2. The van der Waals surface area contributed by atoms with Crippen LogP contribution >= 0.6 is 0 Å². The predicted octanol–water partition coefficient (Wildman–Crippen LogP) is 3.41. The summed E-state index contributed by atoms with van der Waals surface area (Å²) in [5.41, 5.74) is 1.66. The first-order chi connectivity index (χ1) is 18.8. The first-order valence-corrected chi connectivity index (χ1v) is 13.8. The van der Waals surface area contributed by atoms with Gasteiger partial charge in [0, 0.05) is 19.0 Å². The standard InChI is InChI=1S/C30H36N2O7/c1-5-11-31-27(34)19-10-9-17-18(8-7-16-13-22(38-3)26(33)23(14-16)39-4)24-21(15-20(17)25(19)30(31)37)28(35)32(12-6-2)29(24)36/h7-9,13-14,18-21,24-25,33H,5-6,10-12,15H2,1-4H3. The van der Waals surface area contributed by atoms with E-state index < -0.39 is 29.6 Å². The zero-order valence-corrected chi connectivity index (χ0v) is 22.9. The molecule has 3 fully saturated rings. The Bertz CT molecular complexity index is 1240. The van der Waals surface area contributed by atoms with E-state index in [1.165, 1.54) is 24.0 Å². The average molecular weight is 537 g/mol. The van der Waals surface area contributed by atoms with Gasteiger partial charge in [-0.25, -0.2) is 0 Å². The van der Waals surface area contributed by atoms with Crippen LogP contribution in [0.4, 0.5) is 0 Å². The lowest BCUT2D eigenvalue weighted by Crippen LogP contribution is -2.43. The lowest BCUT2D eigenvalue weighted by Gasteiger charge is -2.42. The molecule has 4 aliphatic rings. The van der Waals surface area contributed by atoms with Crippen molar-refractivity contribution in [2.24, 2.45) is 35.5 Å². The van der Waals surface area contributed by atoms with Gasteiger partial charge < -0.3 is 14.6 Å². The van der Waals surface area contributed by atoms with Crippen LogP contribution in [0, 0.1) is 35.5 Å². The van der Waals surface area contributed by atoms with E-state index in [1.54, 1.807) is 12.1 Å². The third-order valence-corrected chi connectivity index (χ3v) is 8.78. The van der Waals surface area contributed by atoms with Crippen LogP contribution < -0.4 is 9.47 Å². The van der Waals surface area contributed by atoms with Crippen molar-refractivity contribution in [2.75, 3.05) is 27.3 Å². The number of likely N-dealkylation sites (tertiary alicyclic amines) is 2. The van der Waals surface area contributed by atoms with Crippen molar-refractivity contribution in [1.29, 1.82) is 0 Å². The fraction of sp³-hybridized carbons (Fsp3) is 0.533. The molecular weight excluding hydrogens is 500 g/mol. The SMILES string of the molecule is CCCN1C(=O)C2CC3C(=CCC4C(=O)N(CCC)C(=O)C43)C(C=Cc3cc(OC)c(O)c(OC)c3)C2C1=O. The normalized spacial score (nSPS) is 30.0. The lowest BCUT2D eigenvalue weighted by atomic mass is 9.58. The summed E-state index contributed by atoms with van der Waals surface area (Å²) in [4.78, 5) is 56.5. The van der Waals surface area contributed by atoms with Gasteiger partial charge in [0.05, 0.1) is 37.9 Å². The Morgan fingerprint density at radius 3 is 1.97 bits per heavy atom. The second-order valence-electron chi connectivity index (χ2n) is 10.9. The highest BCUT2D eigenvalue weighted by atomic mass is 16.5. The largest absolute Gasteiger partial charge is 0.502 e. The molecule has 2 heterocycles. The number of amides is 4. The van der Waals surface area contributed by atoms with Crippen LogP contribution in [0.5, 0.6) is 17.2 Å². The van der Waals surface area contributed by atoms with E-state index in [0.717, 1.165) is 5.57 Å². The van der Waals surface area contributed by atoms with Gasteiger partial charge in [-0.15, -0.1) is 0 Å². The van der Waals surface area contributed by atoms with Crippen LogP contribution in [-0.4, -0.2) is 65.8 Å². The quantitative estimate of drug-likeness (QED) is 0.400. The van der Waals surface area contributed by atoms with Crippen LogP contribution in [0.1, 0.15) is 45.1 Å². The highest BCUT2D eigenvalue weighted by Gasteiger charge is 2.60. The Kier molecular flexibility index (Phi) is 7.27. The van der Waals surface area contributed by atoms with Crippen molar-refractivity contribution < 1.29 is 33.8 Å². The van der Waals surface area contributed by atoms with Gasteiger partial charge in [0.2, 0.25) is 29.4 Å². The number of phenols is 1. The van der Waals surface area contributed by atoms with Crippen molar-refractivity contribution in [2.45, 2.75) is 39.5 Å². The predicted molar refractivity (Wildman–Crippen MR) is 143 cm³/mol. The summed E-state index contributed by atoms with van der Waals surface area (Å²) < 4.78 is 10.6. The van der Waals surface area contributed by atoms with Gasteiger partial charge in [-0.1, -0.05) is 37.6 Å². The number of rotatable bonds is 8. The van der Waals surface area contributed by atoms with Gasteiger partial charge in [0.15, 0.2) is 11.5 Å². The molecule has 9 heteroatoms. The van der Waals surface area contributed by atoms with E-state index in [1.807, 2.05) is 32.1 Å². The molecule has 1 aromatic carbocycles. The average Bonchev–Trinajstić information content (AvgIpc) is 3.32. The first-order valence-electron chi connectivity index (χ1n) is 13.8. The minimum atomic E-state index is -0.556. The topological polar surface area (TPSA) is 113 Å². The molecular formula is C30H36N2O7. The van der Waals surface area contributed by atoms with Gasteiger partial charge >= 0.3 is 0 Å². The van der Waals surface area contributed by atoms with E-state index in [4.69, 9.17) is 9.47 Å². The number of benzene rings is 1. The molecule has 1 saturated carbocycles. The molecule has 2 aliphatic carbocycles. The summed E-state index contributed by atoms with van der Waals surface area (Å²) in [5.74, 6) is -2.93. The van der Waals surface area contributed by atoms with Crippen molar-refractivity contribution in [1.82, 2.24) is 9.80 Å². The second kappa shape index (κ2) is 10.5. The van der Waals surface area contributed by atoms with Crippen molar-refractivity contribution in [3.63, 3.8) is 0 Å². The summed E-state index contributed by atoms with van der Waals surface area (Å²) in [6.07, 6.45) is 8.00. The van der Waals surface area contributed by atoms with Crippen molar-refractivity contribution in [3.8, 4) is 17.2 Å². The second-order valence-corrected chi connectivity index (χ2v) is 10.9. The Balaban J connectivity index is 1.57. The third-order valence-electron chi connectivity index (χ3n) is 8.78. The van der Waals surface area contributed by atoms with E-state index in [2.05, 4.69) is 0 Å². The molecule has 0 aromatic heterocycles. The van der Waals surface area contributed by atoms with Gasteiger partial charge in [-0.2, -0.15) is 0 Å². The number of nitrogens with zero attached hydrogens (tertiary/aromatic N) is 2. The molecule has 0 bridgehead atoms. The summed E-state index contributed by atoms with van der Waals surface area (Å²) in [7, 11) is 2.91. The minimum absolute atomic E-state index is 0.108. The Morgan fingerprint density at radius 2 is 1.41 bits per heavy atom. The molecule has 6 unspecified atom stereocenters. The Morgan fingerprint density at radius 1 is 0.846 bits per heavy atom. The number of phenolic OH excluding ortho intramolecular Hbond substituents is 1. The maximum absolute atomic E-state index is 13.6. The van der Waals surface area contributed by atoms with Gasteiger partial charge in [-0.05, 0) is 49.3 Å².